The van der Waals surface area contributed by atoms with Crippen LogP contribution in [0.3, 0.4) is 0 Å². The van der Waals surface area contributed by atoms with E-state index >= 15 is 0 Å². The summed E-state index contributed by atoms with van der Waals surface area (Å²) in [6.45, 7) is 9.34. The second-order valence-electron chi connectivity index (χ2n) is 17.3. The monoisotopic (exact) mass is 759 g/mol. The Morgan fingerprint density at radius 1 is 0.356 bits per heavy atom. The van der Waals surface area contributed by atoms with Gasteiger partial charge in [-0.3, -0.25) is 0 Å². The number of hydrogen-bond acceptors (Lipinski definition) is 3. The van der Waals surface area contributed by atoms with Crippen molar-refractivity contribution in [1.82, 2.24) is 0 Å². The summed E-state index contributed by atoms with van der Waals surface area (Å²) >= 11 is 0. The van der Waals surface area contributed by atoms with E-state index in [2.05, 4.69) is 190 Å². The lowest BCUT2D eigenvalue weighted by Crippen LogP contribution is -2.16. The SMILES string of the molecule is CC1(C)c2ccccc2-c2ccc(N(c3ccc(-c4cccc(-c5ccc6c(c5)C(C)(C)c5c-6oc6ccccc56)c4)cc3)c3ccc4oc5ccccc5c4c3)cc21. The molecule has 10 aromatic rings. The Hall–Kier alpha value is -7.10. The number of fused-ring (bicyclic) bond motifs is 11. The van der Waals surface area contributed by atoms with Gasteiger partial charge in [0.05, 0.1) is 0 Å². The van der Waals surface area contributed by atoms with Crippen molar-refractivity contribution in [3.63, 3.8) is 0 Å². The Bertz CT molecular complexity index is 3340. The van der Waals surface area contributed by atoms with Crippen molar-refractivity contribution in [2.75, 3.05) is 4.90 Å². The molecule has 0 spiro atoms. The molecule has 2 aliphatic carbocycles. The minimum atomic E-state index is -0.166. The van der Waals surface area contributed by atoms with Gasteiger partial charge in [0, 0.05) is 55.2 Å². The zero-order valence-electron chi connectivity index (χ0n) is 33.5. The Morgan fingerprint density at radius 2 is 0.932 bits per heavy atom. The maximum absolute atomic E-state index is 6.44. The third kappa shape index (κ3) is 4.94. The predicted molar refractivity (Wildman–Crippen MR) is 244 cm³/mol. The van der Waals surface area contributed by atoms with Crippen molar-refractivity contribution in [1.29, 1.82) is 0 Å². The van der Waals surface area contributed by atoms with Crippen molar-refractivity contribution in [2.24, 2.45) is 0 Å². The molecule has 59 heavy (non-hydrogen) atoms. The molecule has 2 aromatic heterocycles. The Morgan fingerprint density at radius 3 is 1.76 bits per heavy atom. The molecule has 0 unspecified atom stereocenters. The fourth-order valence-electron chi connectivity index (χ4n) is 10.2. The Labute approximate surface area is 343 Å². The topological polar surface area (TPSA) is 29.5 Å². The van der Waals surface area contributed by atoms with Crippen LogP contribution >= 0.6 is 0 Å². The van der Waals surface area contributed by atoms with Gasteiger partial charge in [-0.1, -0.05) is 137 Å². The van der Waals surface area contributed by atoms with Gasteiger partial charge in [-0.25, -0.2) is 0 Å². The molecule has 282 valence electrons. The molecule has 0 N–H and O–H groups in total. The smallest absolute Gasteiger partial charge is 0.139 e. The summed E-state index contributed by atoms with van der Waals surface area (Å²) in [7, 11) is 0. The third-order valence-corrected chi connectivity index (χ3v) is 13.3. The minimum absolute atomic E-state index is 0.114. The average molecular weight is 760 g/mol. The number of para-hydroxylation sites is 2. The third-order valence-electron chi connectivity index (χ3n) is 13.3. The van der Waals surface area contributed by atoms with Gasteiger partial charge in [-0.15, -0.1) is 0 Å². The van der Waals surface area contributed by atoms with E-state index in [1.165, 1.54) is 66.6 Å². The fourth-order valence-corrected chi connectivity index (χ4v) is 10.2. The highest BCUT2D eigenvalue weighted by Crippen LogP contribution is 2.54. The van der Waals surface area contributed by atoms with Gasteiger partial charge < -0.3 is 13.7 Å². The first-order chi connectivity index (χ1) is 28.7. The molecule has 3 heteroatoms. The molecule has 0 bridgehead atoms. The first kappa shape index (κ1) is 34.0. The molecule has 0 aliphatic heterocycles. The molecule has 0 saturated carbocycles. The molecule has 8 aromatic carbocycles. The molecule has 2 heterocycles. The molecule has 3 nitrogen and oxygen atoms in total. The van der Waals surface area contributed by atoms with E-state index in [4.69, 9.17) is 8.83 Å². The molecule has 0 atom stereocenters. The summed E-state index contributed by atoms with van der Waals surface area (Å²) in [6, 6.07) is 63.9. The number of benzene rings is 8. The maximum atomic E-state index is 6.44. The molecular weight excluding hydrogens is 719 g/mol. The summed E-state index contributed by atoms with van der Waals surface area (Å²) < 4.78 is 12.7. The second-order valence-corrected chi connectivity index (χ2v) is 17.3. The van der Waals surface area contributed by atoms with Gasteiger partial charge in [0.2, 0.25) is 0 Å². The Balaban J connectivity index is 0.931. The van der Waals surface area contributed by atoms with Crippen LogP contribution in [0.4, 0.5) is 17.1 Å². The van der Waals surface area contributed by atoms with E-state index in [0.717, 1.165) is 50.3 Å². The van der Waals surface area contributed by atoms with Gasteiger partial charge in [0.1, 0.15) is 22.5 Å². The quantitative estimate of drug-likeness (QED) is 0.175. The molecule has 0 fully saturated rings. The number of nitrogens with zero attached hydrogens (tertiary/aromatic N) is 1. The van der Waals surface area contributed by atoms with Gasteiger partial charge in [-0.05, 0) is 117 Å². The van der Waals surface area contributed by atoms with Crippen molar-refractivity contribution in [3.05, 3.63) is 198 Å². The van der Waals surface area contributed by atoms with Crippen LogP contribution in [0.1, 0.15) is 49.9 Å². The van der Waals surface area contributed by atoms with Gasteiger partial charge in [-0.2, -0.15) is 0 Å². The Kier molecular flexibility index (Phi) is 7.03. The van der Waals surface area contributed by atoms with Gasteiger partial charge in [0.25, 0.3) is 0 Å². The molecule has 0 saturated heterocycles. The number of rotatable bonds is 5. The van der Waals surface area contributed by atoms with Crippen LogP contribution in [0.2, 0.25) is 0 Å². The van der Waals surface area contributed by atoms with E-state index in [1.807, 2.05) is 18.2 Å². The van der Waals surface area contributed by atoms with Crippen LogP contribution in [0.25, 0.3) is 77.6 Å². The van der Waals surface area contributed by atoms with Crippen LogP contribution < -0.4 is 4.90 Å². The van der Waals surface area contributed by atoms with Crippen LogP contribution in [-0.2, 0) is 10.8 Å². The van der Waals surface area contributed by atoms with Crippen molar-refractivity contribution < 1.29 is 8.83 Å². The van der Waals surface area contributed by atoms with Crippen LogP contribution in [-0.4, -0.2) is 0 Å². The zero-order valence-corrected chi connectivity index (χ0v) is 33.5. The molecule has 12 rings (SSSR count). The van der Waals surface area contributed by atoms with E-state index in [0.29, 0.717) is 0 Å². The zero-order chi connectivity index (χ0) is 39.6. The minimum Gasteiger partial charge on any atom is -0.456 e. The average Bonchev–Trinajstić information content (AvgIpc) is 3.97. The highest BCUT2D eigenvalue weighted by atomic mass is 16.3. The fraction of sp³-hybridized carbons (Fsp3) is 0.107. The van der Waals surface area contributed by atoms with Gasteiger partial charge >= 0.3 is 0 Å². The largest absolute Gasteiger partial charge is 0.456 e. The maximum Gasteiger partial charge on any atom is 0.139 e. The summed E-state index contributed by atoms with van der Waals surface area (Å²) in [4.78, 5) is 2.39. The summed E-state index contributed by atoms with van der Waals surface area (Å²) in [6.07, 6.45) is 0. The number of furan rings is 2. The van der Waals surface area contributed by atoms with E-state index in [-0.39, 0.29) is 10.8 Å². The first-order valence-electron chi connectivity index (χ1n) is 20.6. The standard InChI is InChI=1S/C56H41NO2/c1-55(2)47-17-8-5-14-41(47)42-28-25-40(33-49(42)55)57(39-26-29-52-46(32-39)43-15-6-9-18-50(43)58-52)38-23-20-34(21-24-38)35-12-11-13-36(30-35)37-22-27-44-48(31-37)56(3,4)53-45-16-7-10-19-51(45)59-54(44)53/h5-33H,1-4H3. The lowest BCUT2D eigenvalue weighted by molar-refractivity contribution is 0.619. The molecule has 0 amide bonds. The highest BCUT2D eigenvalue weighted by molar-refractivity contribution is 6.06. The van der Waals surface area contributed by atoms with Crippen LogP contribution in [0.15, 0.2) is 185 Å². The second kappa shape index (κ2) is 12.2. The summed E-state index contributed by atoms with van der Waals surface area (Å²) in [5.41, 5.74) is 19.7. The van der Waals surface area contributed by atoms with E-state index in [1.54, 1.807) is 0 Å². The number of hydrogen-bond donors (Lipinski definition) is 0. The molecular formula is C56H41NO2. The first-order valence-corrected chi connectivity index (χ1v) is 20.6. The lowest BCUT2D eigenvalue weighted by Gasteiger charge is -2.28. The molecule has 0 radical (unpaired) electrons. The molecule has 2 aliphatic rings. The predicted octanol–water partition coefficient (Wildman–Crippen LogP) is 15.7. The van der Waals surface area contributed by atoms with Crippen molar-refractivity contribution in [3.8, 4) is 44.7 Å². The van der Waals surface area contributed by atoms with Crippen molar-refractivity contribution >= 4 is 50.0 Å². The van der Waals surface area contributed by atoms with Crippen LogP contribution in [0.5, 0.6) is 0 Å². The van der Waals surface area contributed by atoms with E-state index < -0.39 is 0 Å². The lowest BCUT2D eigenvalue weighted by atomic mass is 9.80. The van der Waals surface area contributed by atoms with E-state index in [9.17, 15) is 0 Å². The summed E-state index contributed by atoms with van der Waals surface area (Å²) in [5, 5.41) is 3.43. The van der Waals surface area contributed by atoms with Crippen molar-refractivity contribution in [2.45, 2.75) is 38.5 Å². The normalized spacial score (nSPS) is 14.4. The van der Waals surface area contributed by atoms with Gasteiger partial charge in [0.15, 0.2) is 0 Å². The highest BCUT2D eigenvalue weighted by Gasteiger charge is 2.40. The van der Waals surface area contributed by atoms with Crippen LogP contribution in [0, 0.1) is 0 Å². The number of anilines is 3. The summed E-state index contributed by atoms with van der Waals surface area (Å²) in [5.74, 6) is 1.01.